The molecule has 0 saturated heterocycles. The van der Waals surface area contributed by atoms with E-state index in [1.54, 1.807) is 0 Å². The number of nitrogens with one attached hydrogen (secondary N) is 1. The summed E-state index contributed by atoms with van der Waals surface area (Å²) >= 11 is 5.85. The monoisotopic (exact) mass is 235 g/mol. The highest BCUT2D eigenvalue weighted by molar-refractivity contribution is 6.17. The van der Waals surface area contributed by atoms with Crippen LogP contribution in [0.25, 0.3) is 10.9 Å². The van der Waals surface area contributed by atoms with Crippen molar-refractivity contribution in [1.82, 2.24) is 4.98 Å². The van der Waals surface area contributed by atoms with Gasteiger partial charge in [0.25, 0.3) is 0 Å². The van der Waals surface area contributed by atoms with E-state index in [2.05, 4.69) is 17.1 Å². The number of halogens is 1. The number of rotatable bonds is 3. The number of aromatic amines is 1. The van der Waals surface area contributed by atoms with Crippen LogP contribution in [0, 0.1) is 0 Å². The number of aliphatic hydroxyl groups excluding tert-OH is 1. The zero-order chi connectivity index (χ0) is 11.2. The van der Waals surface area contributed by atoms with Gasteiger partial charge in [-0.2, -0.15) is 0 Å². The Labute approximate surface area is 99.2 Å². The summed E-state index contributed by atoms with van der Waals surface area (Å²) in [5.41, 5.74) is 3.52. The molecule has 1 aromatic heterocycles. The number of alkyl halides is 1. The van der Waals surface area contributed by atoms with Gasteiger partial charge in [0.15, 0.2) is 0 Å². The predicted octanol–water partition coefficient (Wildman–Crippen LogP) is 2.93. The van der Waals surface area contributed by atoms with Gasteiger partial charge in [-0.25, -0.2) is 0 Å². The van der Waals surface area contributed by atoms with Gasteiger partial charge < -0.3 is 10.1 Å². The van der Waals surface area contributed by atoms with Crippen molar-refractivity contribution in [3.63, 3.8) is 0 Å². The van der Waals surface area contributed by atoms with E-state index in [0.29, 0.717) is 5.88 Å². The van der Waals surface area contributed by atoms with Gasteiger partial charge in [-0.3, -0.25) is 0 Å². The molecule has 1 saturated carbocycles. The highest BCUT2D eigenvalue weighted by Crippen LogP contribution is 2.50. The van der Waals surface area contributed by atoms with Crippen molar-refractivity contribution >= 4 is 22.5 Å². The first-order chi connectivity index (χ1) is 7.79. The van der Waals surface area contributed by atoms with E-state index in [9.17, 15) is 5.11 Å². The highest BCUT2D eigenvalue weighted by atomic mass is 35.5. The Bertz CT molecular complexity index is 528. The molecule has 1 aromatic carbocycles. The van der Waals surface area contributed by atoms with Crippen LogP contribution >= 0.6 is 11.6 Å². The molecule has 1 aliphatic rings. The summed E-state index contributed by atoms with van der Waals surface area (Å²) in [7, 11) is 0. The third kappa shape index (κ3) is 1.37. The van der Waals surface area contributed by atoms with Crippen molar-refractivity contribution < 1.29 is 5.11 Å². The van der Waals surface area contributed by atoms with Gasteiger partial charge in [0.1, 0.15) is 0 Å². The minimum atomic E-state index is 0.0170. The van der Waals surface area contributed by atoms with Gasteiger partial charge in [0.2, 0.25) is 0 Å². The van der Waals surface area contributed by atoms with Gasteiger partial charge in [-0.05, 0) is 36.1 Å². The molecule has 1 heterocycles. The Morgan fingerprint density at radius 2 is 2.19 bits per heavy atom. The van der Waals surface area contributed by atoms with E-state index in [1.165, 1.54) is 10.9 Å². The standard InChI is InChI=1S/C13H14ClNO/c14-6-9-1-2-12-10(5-9)11(7-15-12)13(8-16)3-4-13/h1-2,5,7,15-16H,3-4,6,8H2. The van der Waals surface area contributed by atoms with Crippen LogP contribution in [0.2, 0.25) is 0 Å². The van der Waals surface area contributed by atoms with Crippen LogP contribution in [0.1, 0.15) is 24.0 Å². The fourth-order valence-electron chi connectivity index (χ4n) is 2.35. The molecule has 16 heavy (non-hydrogen) atoms. The van der Waals surface area contributed by atoms with Gasteiger partial charge in [-0.1, -0.05) is 6.07 Å². The Balaban J connectivity index is 2.18. The van der Waals surface area contributed by atoms with Crippen LogP contribution in [0.4, 0.5) is 0 Å². The Hall–Kier alpha value is -0.990. The molecule has 0 aliphatic heterocycles. The zero-order valence-electron chi connectivity index (χ0n) is 8.96. The molecule has 2 aromatic rings. The second kappa shape index (κ2) is 3.51. The van der Waals surface area contributed by atoms with E-state index in [-0.39, 0.29) is 12.0 Å². The second-order valence-electron chi connectivity index (χ2n) is 4.65. The molecule has 2 nitrogen and oxygen atoms in total. The lowest BCUT2D eigenvalue weighted by Crippen LogP contribution is -2.10. The van der Waals surface area contributed by atoms with Crippen LogP contribution in [0.3, 0.4) is 0 Å². The number of fused-ring (bicyclic) bond motifs is 1. The third-order valence-corrected chi connectivity index (χ3v) is 3.94. The van der Waals surface area contributed by atoms with Gasteiger partial charge in [0.05, 0.1) is 6.61 Å². The molecule has 0 spiro atoms. The topological polar surface area (TPSA) is 36.0 Å². The molecule has 2 N–H and O–H groups in total. The van der Waals surface area contributed by atoms with Crippen molar-refractivity contribution in [2.75, 3.05) is 6.61 Å². The lowest BCUT2D eigenvalue weighted by Gasteiger charge is -2.10. The Morgan fingerprint density at radius 1 is 1.38 bits per heavy atom. The lowest BCUT2D eigenvalue weighted by atomic mass is 9.96. The maximum atomic E-state index is 9.47. The normalized spacial score (nSPS) is 17.9. The molecule has 0 unspecified atom stereocenters. The minimum absolute atomic E-state index is 0.0170. The van der Waals surface area contributed by atoms with Crippen LogP contribution in [0.5, 0.6) is 0 Å². The maximum Gasteiger partial charge on any atom is 0.0528 e. The molecule has 0 radical (unpaired) electrons. The third-order valence-electron chi connectivity index (χ3n) is 3.63. The summed E-state index contributed by atoms with van der Waals surface area (Å²) < 4.78 is 0. The Morgan fingerprint density at radius 3 is 2.81 bits per heavy atom. The molecule has 0 atom stereocenters. The molecule has 1 aliphatic carbocycles. The first kappa shape index (κ1) is 10.2. The summed E-state index contributed by atoms with van der Waals surface area (Å²) in [4.78, 5) is 3.27. The van der Waals surface area contributed by atoms with Crippen LogP contribution in [-0.4, -0.2) is 16.7 Å². The Kier molecular flexibility index (Phi) is 2.23. The summed E-state index contributed by atoms with van der Waals surface area (Å²) in [6, 6.07) is 6.22. The van der Waals surface area contributed by atoms with E-state index < -0.39 is 0 Å². The summed E-state index contributed by atoms with van der Waals surface area (Å²) in [6.45, 7) is 0.241. The summed E-state index contributed by atoms with van der Waals surface area (Å²) in [6.07, 6.45) is 4.20. The van der Waals surface area contributed by atoms with Crippen LogP contribution in [0.15, 0.2) is 24.4 Å². The van der Waals surface area contributed by atoms with Crippen molar-refractivity contribution in [1.29, 1.82) is 0 Å². The quantitative estimate of drug-likeness (QED) is 0.789. The predicted molar refractivity (Wildman–Crippen MR) is 65.9 cm³/mol. The number of hydrogen-bond donors (Lipinski definition) is 2. The molecule has 84 valence electrons. The number of aliphatic hydroxyl groups is 1. The van der Waals surface area contributed by atoms with Gasteiger partial charge in [0, 0.05) is 28.4 Å². The van der Waals surface area contributed by atoms with Crippen molar-refractivity contribution in [2.24, 2.45) is 0 Å². The smallest absolute Gasteiger partial charge is 0.0528 e. The molecular weight excluding hydrogens is 222 g/mol. The molecule has 3 heteroatoms. The van der Waals surface area contributed by atoms with Crippen molar-refractivity contribution in [3.05, 3.63) is 35.5 Å². The van der Waals surface area contributed by atoms with E-state index in [0.717, 1.165) is 23.9 Å². The molecular formula is C13H14ClNO. The molecule has 1 fully saturated rings. The number of benzene rings is 1. The average Bonchev–Trinajstić information content (AvgIpc) is 3.02. The second-order valence-corrected chi connectivity index (χ2v) is 4.92. The number of H-pyrrole nitrogens is 1. The van der Waals surface area contributed by atoms with Crippen LogP contribution in [-0.2, 0) is 11.3 Å². The first-order valence-electron chi connectivity index (χ1n) is 5.56. The minimum Gasteiger partial charge on any atom is -0.395 e. The lowest BCUT2D eigenvalue weighted by molar-refractivity contribution is 0.256. The van der Waals surface area contributed by atoms with Crippen molar-refractivity contribution in [2.45, 2.75) is 24.1 Å². The zero-order valence-corrected chi connectivity index (χ0v) is 9.72. The molecule has 3 rings (SSSR count). The fourth-order valence-corrected chi connectivity index (χ4v) is 2.52. The van der Waals surface area contributed by atoms with Gasteiger partial charge in [-0.15, -0.1) is 11.6 Å². The van der Waals surface area contributed by atoms with Crippen LogP contribution < -0.4 is 0 Å². The number of aromatic nitrogens is 1. The van der Waals surface area contributed by atoms with Crippen molar-refractivity contribution in [3.8, 4) is 0 Å². The first-order valence-corrected chi connectivity index (χ1v) is 6.10. The molecule has 0 bridgehead atoms. The van der Waals surface area contributed by atoms with E-state index >= 15 is 0 Å². The van der Waals surface area contributed by atoms with E-state index in [4.69, 9.17) is 11.6 Å². The maximum absolute atomic E-state index is 9.47. The van der Waals surface area contributed by atoms with Gasteiger partial charge >= 0.3 is 0 Å². The van der Waals surface area contributed by atoms with E-state index in [1.807, 2.05) is 12.3 Å². The molecule has 0 amide bonds. The largest absolute Gasteiger partial charge is 0.395 e. The summed E-state index contributed by atoms with van der Waals surface area (Å²) in [5.74, 6) is 0.534. The SMILES string of the molecule is OCC1(c2c[nH]c3ccc(CCl)cc23)CC1. The fraction of sp³-hybridized carbons (Fsp3) is 0.385. The number of hydrogen-bond acceptors (Lipinski definition) is 1. The highest BCUT2D eigenvalue weighted by Gasteiger charge is 2.45. The summed E-state index contributed by atoms with van der Waals surface area (Å²) in [5, 5.41) is 10.7. The average molecular weight is 236 g/mol.